The number of nitrogens with zero attached hydrogens (tertiary/aromatic N) is 6. The van der Waals surface area contributed by atoms with Gasteiger partial charge in [0.2, 0.25) is 11.7 Å². The predicted molar refractivity (Wildman–Crippen MR) is 161 cm³/mol. The van der Waals surface area contributed by atoms with Gasteiger partial charge in [0.05, 0.1) is 24.9 Å². The predicted octanol–water partition coefficient (Wildman–Crippen LogP) is 5.83. The van der Waals surface area contributed by atoms with Gasteiger partial charge in [-0.25, -0.2) is 9.78 Å². The molecule has 0 saturated heterocycles. The first-order valence-electron chi connectivity index (χ1n) is 13.8. The highest BCUT2D eigenvalue weighted by molar-refractivity contribution is 6.74. The van der Waals surface area contributed by atoms with Crippen LogP contribution in [0.15, 0.2) is 54.9 Å². The lowest BCUT2D eigenvalue weighted by molar-refractivity contribution is 0.0475. The molecular weight excluding hydrogens is 552 g/mol. The molecule has 3 aromatic heterocycles. The van der Waals surface area contributed by atoms with E-state index >= 15 is 0 Å². The summed E-state index contributed by atoms with van der Waals surface area (Å²) >= 11 is 0. The number of tetrazole rings is 1. The van der Waals surface area contributed by atoms with Crippen LogP contribution < -0.4 is 10.1 Å². The molecular formula is C29H40N8O4Si. The highest BCUT2D eigenvalue weighted by atomic mass is 28.4. The maximum atomic E-state index is 12.6. The Morgan fingerprint density at radius 3 is 2.33 bits per heavy atom. The molecule has 224 valence electrons. The van der Waals surface area contributed by atoms with Crippen LogP contribution in [0, 0.1) is 0 Å². The maximum absolute atomic E-state index is 12.6. The maximum Gasteiger partial charge on any atom is 0.408 e. The second kappa shape index (κ2) is 12.4. The summed E-state index contributed by atoms with van der Waals surface area (Å²) in [4.78, 5) is 18.4. The van der Waals surface area contributed by atoms with Crippen LogP contribution in [0.25, 0.3) is 22.6 Å². The Balaban J connectivity index is 1.40. The molecule has 0 aliphatic rings. The SMILES string of the molecule is CC(C)(C)OC(=O)N[C@@H](CO[Si](C)(C)C(C)(C)C)Cn1nnc(-c2ccc(Oc3ccc(-c4ccn[nH]4)cn3)cc2)n1. The van der Waals surface area contributed by atoms with E-state index in [1.165, 1.54) is 4.80 Å². The van der Waals surface area contributed by atoms with E-state index in [1.54, 1.807) is 18.5 Å². The van der Waals surface area contributed by atoms with Crippen molar-refractivity contribution in [1.29, 1.82) is 0 Å². The lowest BCUT2D eigenvalue weighted by atomic mass is 10.2. The van der Waals surface area contributed by atoms with Crippen LogP contribution in [-0.2, 0) is 15.7 Å². The minimum Gasteiger partial charge on any atom is -0.444 e. The Morgan fingerprint density at radius 1 is 1.02 bits per heavy atom. The minimum atomic E-state index is -2.06. The van der Waals surface area contributed by atoms with Gasteiger partial charge in [0.1, 0.15) is 11.4 Å². The van der Waals surface area contributed by atoms with E-state index < -0.39 is 26.1 Å². The summed E-state index contributed by atoms with van der Waals surface area (Å²) in [6.07, 6.45) is 2.90. The first-order valence-corrected chi connectivity index (χ1v) is 16.7. The summed E-state index contributed by atoms with van der Waals surface area (Å²) in [5, 5.41) is 22.8. The number of aromatic nitrogens is 7. The molecule has 1 amide bonds. The molecule has 1 aromatic carbocycles. The molecule has 42 heavy (non-hydrogen) atoms. The summed E-state index contributed by atoms with van der Waals surface area (Å²) < 4.78 is 17.8. The van der Waals surface area contributed by atoms with Crippen molar-refractivity contribution in [2.75, 3.05) is 6.61 Å². The number of H-pyrrole nitrogens is 1. The molecule has 0 aliphatic carbocycles. The number of carbonyl (C=O) groups excluding carboxylic acids is 1. The van der Waals surface area contributed by atoms with Crippen molar-refractivity contribution in [3.8, 4) is 34.3 Å². The molecule has 13 heteroatoms. The van der Waals surface area contributed by atoms with E-state index in [0.29, 0.717) is 24.1 Å². The average molecular weight is 593 g/mol. The number of amides is 1. The number of hydrogen-bond donors (Lipinski definition) is 2. The molecule has 0 spiro atoms. The number of carbonyl (C=O) groups is 1. The molecule has 4 aromatic rings. The van der Waals surface area contributed by atoms with Crippen molar-refractivity contribution in [2.24, 2.45) is 0 Å². The molecule has 3 heterocycles. The van der Waals surface area contributed by atoms with Crippen molar-refractivity contribution >= 4 is 14.4 Å². The molecule has 4 rings (SSSR count). The number of ether oxygens (including phenoxy) is 2. The highest BCUT2D eigenvalue weighted by Gasteiger charge is 2.38. The molecule has 0 aliphatic heterocycles. The first kappa shape index (κ1) is 30.8. The molecule has 0 fully saturated rings. The molecule has 0 bridgehead atoms. The van der Waals surface area contributed by atoms with E-state index in [-0.39, 0.29) is 11.6 Å². The van der Waals surface area contributed by atoms with Crippen LogP contribution in [-0.4, -0.2) is 68.0 Å². The monoisotopic (exact) mass is 592 g/mol. The molecule has 2 N–H and O–H groups in total. The number of hydrogen-bond acceptors (Lipinski definition) is 9. The average Bonchev–Trinajstić information content (AvgIpc) is 3.59. The summed E-state index contributed by atoms with van der Waals surface area (Å²) in [6.45, 7) is 16.9. The van der Waals surface area contributed by atoms with Crippen LogP contribution in [0.3, 0.4) is 0 Å². The number of rotatable bonds is 10. The first-order chi connectivity index (χ1) is 19.7. The van der Waals surface area contributed by atoms with E-state index in [2.05, 4.69) is 69.8 Å². The standard InChI is InChI=1S/C29H40N8O4Si/c1-28(2,3)41-27(38)32-22(19-39-42(7,8)29(4,5)6)18-37-35-26(34-36-37)20-9-12-23(13-10-20)40-25-14-11-21(17-30-25)24-15-16-31-33-24/h9-17,22H,18-19H2,1-8H3,(H,31,33)(H,32,38)/t22-/m1/s1. The number of benzene rings is 1. The Labute approximate surface area is 247 Å². The van der Waals surface area contributed by atoms with Gasteiger partial charge in [-0.3, -0.25) is 5.10 Å². The van der Waals surface area contributed by atoms with Gasteiger partial charge >= 0.3 is 6.09 Å². The van der Waals surface area contributed by atoms with E-state index in [4.69, 9.17) is 13.9 Å². The van der Waals surface area contributed by atoms with Gasteiger partial charge < -0.3 is 19.2 Å². The molecule has 0 radical (unpaired) electrons. The lowest BCUT2D eigenvalue weighted by Crippen LogP contribution is -2.48. The van der Waals surface area contributed by atoms with Crippen molar-refractivity contribution in [2.45, 2.75) is 77.9 Å². The van der Waals surface area contributed by atoms with E-state index in [9.17, 15) is 4.79 Å². The summed E-state index contributed by atoms with van der Waals surface area (Å²) in [6, 6.07) is 12.5. The van der Waals surface area contributed by atoms with Crippen LogP contribution in [0.4, 0.5) is 4.79 Å². The fourth-order valence-electron chi connectivity index (χ4n) is 3.58. The normalized spacial score (nSPS) is 13.0. The molecule has 1 atom stereocenters. The minimum absolute atomic E-state index is 0.0255. The van der Waals surface area contributed by atoms with E-state index in [0.717, 1.165) is 16.8 Å². The molecule has 12 nitrogen and oxygen atoms in total. The summed E-state index contributed by atoms with van der Waals surface area (Å²) in [5.74, 6) is 1.54. The van der Waals surface area contributed by atoms with Gasteiger partial charge in [0.15, 0.2) is 8.32 Å². The number of pyridine rings is 1. The number of alkyl carbamates (subject to hydrolysis) is 1. The Hall–Kier alpha value is -4.10. The van der Waals surface area contributed by atoms with Gasteiger partial charge in [0, 0.05) is 29.6 Å². The number of nitrogens with one attached hydrogen (secondary N) is 2. The third kappa shape index (κ3) is 8.46. The second-order valence-electron chi connectivity index (χ2n) is 12.6. The van der Waals surface area contributed by atoms with Gasteiger partial charge in [-0.15, -0.1) is 10.2 Å². The fraction of sp³-hybridized carbons (Fsp3) is 0.448. The Kier molecular flexibility index (Phi) is 9.11. The van der Waals surface area contributed by atoms with Gasteiger partial charge in [-0.05, 0) is 80.5 Å². The van der Waals surface area contributed by atoms with Crippen LogP contribution in [0.5, 0.6) is 11.6 Å². The highest BCUT2D eigenvalue weighted by Crippen LogP contribution is 2.36. The van der Waals surface area contributed by atoms with Crippen molar-refractivity contribution in [3.05, 3.63) is 54.9 Å². The third-order valence-corrected chi connectivity index (χ3v) is 11.4. The zero-order valence-corrected chi connectivity index (χ0v) is 26.5. The lowest BCUT2D eigenvalue weighted by Gasteiger charge is -2.37. The smallest absolute Gasteiger partial charge is 0.408 e. The summed E-state index contributed by atoms with van der Waals surface area (Å²) in [5.41, 5.74) is 1.95. The topological polar surface area (TPSA) is 142 Å². The Bertz CT molecular complexity index is 1440. The molecule has 0 saturated carbocycles. The van der Waals surface area contributed by atoms with Gasteiger partial charge in [-0.2, -0.15) is 9.90 Å². The van der Waals surface area contributed by atoms with Crippen LogP contribution >= 0.6 is 0 Å². The van der Waals surface area contributed by atoms with Gasteiger partial charge in [-0.1, -0.05) is 20.8 Å². The quantitative estimate of drug-likeness (QED) is 0.217. The Morgan fingerprint density at radius 2 is 1.74 bits per heavy atom. The largest absolute Gasteiger partial charge is 0.444 e. The van der Waals surface area contributed by atoms with Crippen LogP contribution in [0.1, 0.15) is 41.5 Å². The van der Waals surface area contributed by atoms with E-state index in [1.807, 2.05) is 57.2 Å². The van der Waals surface area contributed by atoms with Crippen LogP contribution in [0.2, 0.25) is 18.1 Å². The summed E-state index contributed by atoms with van der Waals surface area (Å²) in [7, 11) is -2.06. The van der Waals surface area contributed by atoms with Crippen molar-refractivity contribution < 1.29 is 18.7 Å². The molecule has 0 unspecified atom stereocenters. The third-order valence-electron chi connectivity index (χ3n) is 6.89. The zero-order valence-electron chi connectivity index (χ0n) is 25.5. The van der Waals surface area contributed by atoms with Gasteiger partial charge in [0.25, 0.3) is 0 Å². The second-order valence-corrected chi connectivity index (χ2v) is 17.4. The fourth-order valence-corrected chi connectivity index (χ4v) is 4.63. The van der Waals surface area contributed by atoms with Crippen molar-refractivity contribution in [3.63, 3.8) is 0 Å². The zero-order chi connectivity index (χ0) is 30.5. The number of aromatic amines is 1. The van der Waals surface area contributed by atoms with Crippen molar-refractivity contribution in [1.82, 2.24) is 40.7 Å².